The molecule has 0 bridgehead atoms. The Kier molecular flexibility index (Phi) is 6.21. The van der Waals surface area contributed by atoms with E-state index < -0.39 is 0 Å². The first kappa shape index (κ1) is 21.4. The van der Waals surface area contributed by atoms with Crippen LogP contribution in [-0.4, -0.2) is 37.9 Å². The molecule has 33 heavy (non-hydrogen) atoms. The van der Waals surface area contributed by atoms with Crippen LogP contribution in [0.25, 0.3) is 5.69 Å². The molecule has 0 fully saturated rings. The molecule has 166 valence electrons. The van der Waals surface area contributed by atoms with Crippen molar-refractivity contribution in [1.29, 1.82) is 0 Å². The second-order valence-electron chi connectivity index (χ2n) is 8.00. The van der Waals surface area contributed by atoms with Crippen molar-refractivity contribution < 1.29 is 9.18 Å². The number of halogens is 1. The van der Waals surface area contributed by atoms with Gasteiger partial charge in [0.2, 0.25) is 5.91 Å². The molecule has 1 amide bonds. The van der Waals surface area contributed by atoms with Crippen molar-refractivity contribution in [3.63, 3.8) is 0 Å². The summed E-state index contributed by atoms with van der Waals surface area (Å²) in [6.45, 7) is 1.36. The second-order valence-corrected chi connectivity index (χ2v) is 8.94. The topological polar surface area (TPSA) is 51.0 Å². The fraction of sp³-hybridized carbons (Fsp3) is 0.192. The van der Waals surface area contributed by atoms with Crippen molar-refractivity contribution in [3.8, 4) is 5.69 Å². The van der Waals surface area contributed by atoms with Crippen molar-refractivity contribution >= 4 is 17.7 Å². The molecule has 0 atom stereocenters. The molecule has 3 aromatic carbocycles. The van der Waals surface area contributed by atoms with Crippen LogP contribution in [0, 0.1) is 5.82 Å². The molecule has 0 aliphatic carbocycles. The highest BCUT2D eigenvalue weighted by molar-refractivity contribution is 7.99. The maximum Gasteiger partial charge on any atom is 0.233 e. The lowest BCUT2D eigenvalue weighted by molar-refractivity contribution is -0.129. The molecule has 7 heteroatoms. The van der Waals surface area contributed by atoms with E-state index in [4.69, 9.17) is 0 Å². The number of benzene rings is 3. The minimum atomic E-state index is -0.300. The minimum Gasteiger partial charge on any atom is -0.337 e. The average Bonchev–Trinajstić information content (AvgIpc) is 3.25. The van der Waals surface area contributed by atoms with Gasteiger partial charge in [-0.25, -0.2) is 4.39 Å². The summed E-state index contributed by atoms with van der Waals surface area (Å²) in [7, 11) is 0. The third-order valence-electron chi connectivity index (χ3n) is 5.80. The number of carbonyl (C=O) groups excluding carboxylic acids is 1. The highest BCUT2D eigenvalue weighted by Crippen LogP contribution is 2.25. The smallest absolute Gasteiger partial charge is 0.233 e. The van der Waals surface area contributed by atoms with Gasteiger partial charge in [0.25, 0.3) is 0 Å². The quantitative estimate of drug-likeness (QED) is 0.394. The van der Waals surface area contributed by atoms with Crippen LogP contribution < -0.4 is 0 Å². The minimum absolute atomic E-state index is 0.0766. The third-order valence-corrected chi connectivity index (χ3v) is 6.71. The largest absolute Gasteiger partial charge is 0.337 e. The van der Waals surface area contributed by atoms with E-state index in [2.05, 4.69) is 22.3 Å². The molecule has 1 aliphatic heterocycles. The van der Waals surface area contributed by atoms with E-state index in [1.54, 1.807) is 12.1 Å². The van der Waals surface area contributed by atoms with Gasteiger partial charge < -0.3 is 4.90 Å². The summed E-state index contributed by atoms with van der Waals surface area (Å²) in [4.78, 5) is 14.9. The number of carbonyl (C=O) groups is 1. The SMILES string of the molecule is O=C(CSc1nnc(Cc2ccccc2)n1-c1ccc(F)cc1)N1CCc2ccccc2C1. The van der Waals surface area contributed by atoms with Gasteiger partial charge >= 0.3 is 0 Å². The molecule has 4 aromatic rings. The molecule has 0 spiro atoms. The Balaban J connectivity index is 1.35. The van der Waals surface area contributed by atoms with Gasteiger partial charge in [-0.05, 0) is 47.4 Å². The summed E-state index contributed by atoms with van der Waals surface area (Å²) < 4.78 is 15.5. The maximum absolute atomic E-state index is 13.5. The van der Waals surface area contributed by atoms with Crippen LogP contribution in [0.5, 0.6) is 0 Å². The van der Waals surface area contributed by atoms with Gasteiger partial charge in [-0.1, -0.05) is 66.4 Å². The van der Waals surface area contributed by atoms with Crippen LogP contribution in [0.3, 0.4) is 0 Å². The zero-order valence-electron chi connectivity index (χ0n) is 18.0. The fourth-order valence-electron chi connectivity index (χ4n) is 4.06. The van der Waals surface area contributed by atoms with Gasteiger partial charge in [-0.3, -0.25) is 9.36 Å². The van der Waals surface area contributed by atoms with E-state index >= 15 is 0 Å². The second kappa shape index (κ2) is 9.58. The number of aromatic nitrogens is 3. The molecule has 0 radical (unpaired) electrons. The van der Waals surface area contributed by atoms with Crippen molar-refractivity contribution in [2.45, 2.75) is 24.5 Å². The Morgan fingerprint density at radius 3 is 2.42 bits per heavy atom. The first-order valence-corrected chi connectivity index (χ1v) is 11.9. The van der Waals surface area contributed by atoms with Gasteiger partial charge in [0.05, 0.1) is 5.75 Å². The Morgan fingerprint density at radius 2 is 1.64 bits per heavy atom. The van der Waals surface area contributed by atoms with Crippen LogP contribution >= 0.6 is 11.8 Å². The van der Waals surface area contributed by atoms with Crippen LogP contribution in [0.15, 0.2) is 84.0 Å². The lowest BCUT2D eigenvalue weighted by Gasteiger charge is -2.28. The monoisotopic (exact) mass is 458 g/mol. The summed E-state index contributed by atoms with van der Waals surface area (Å²) in [6.07, 6.45) is 1.46. The summed E-state index contributed by atoms with van der Waals surface area (Å²) in [6, 6.07) is 24.6. The van der Waals surface area contributed by atoms with Crippen molar-refractivity contribution in [2.75, 3.05) is 12.3 Å². The Labute approximate surface area is 196 Å². The molecule has 1 aromatic heterocycles. The summed E-state index contributed by atoms with van der Waals surface area (Å²) in [5, 5.41) is 9.40. The van der Waals surface area contributed by atoms with Crippen LogP contribution in [0.1, 0.15) is 22.5 Å². The molecule has 2 heterocycles. The Bertz CT molecular complexity index is 1260. The molecule has 5 nitrogen and oxygen atoms in total. The molecule has 0 saturated carbocycles. The number of rotatable bonds is 6. The predicted octanol–water partition coefficient (Wildman–Crippen LogP) is 4.67. The van der Waals surface area contributed by atoms with Crippen LogP contribution in [-0.2, 0) is 24.2 Å². The molecule has 1 aliphatic rings. The van der Waals surface area contributed by atoms with E-state index in [0.717, 1.165) is 30.0 Å². The number of amides is 1. The number of fused-ring (bicyclic) bond motifs is 1. The highest BCUT2D eigenvalue weighted by atomic mass is 32.2. The normalized spacial score (nSPS) is 13.1. The molecule has 0 saturated heterocycles. The van der Waals surface area contributed by atoms with Crippen LogP contribution in [0.2, 0.25) is 0 Å². The lowest BCUT2D eigenvalue weighted by Crippen LogP contribution is -2.37. The average molecular weight is 459 g/mol. The van der Waals surface area contributed by atoms with Gasteiger partial charge in [0.15, 0.2) is 5.16 Å². The molecule has 5 rings (SSSR count). The number of hydrogen-bond acceptors (Lipinski definition) is 4. The van der Waals surface area contributed by atoms with Gasteiger partial charge in [0, 0.05) is 25.2 Å². The van der Waals surface area contributed by atoms with Gasteiger partial charge in [-0.15, -0.1) is 10.2 Å². The Morgan fingerprint density at radius 1 is 0.909 bits per heavy atom. The van der Waals surface area contributed by atoms with Crippen molar-refractivity contribution in [2.24, 2.45) is 0 Å². The van der Waals surface area contributed by atoms with Crippen LogP contribution in [0.4, 0.5) is 4.39 Å². The molecule has 0 N–H and O–H groups in total. The third kappa shape index (κ3) is 4.83. The van der Waals surface area contributed by atoms with E-state index in [1.807, 2.05) is 51.9 Å². The highest BCUT2D eigenvalue weighted by Gasteiger charge is 2.22. The summed E-state index contributed by atoms with van der Waals surface area (Å²) in [5.74, 6) is 0.793. The standard InChI is InChI=1S/C26H23FN4OS/c27-22-10-12-23(13-11-22)31-24(16-19-6-2-1-3-7-19)28-29-26(31)33-18-25(32)30-15-14-20-8-4-5-9-21(20)17-30/h1-13H,14-18H2. The number of hydrogen-bond donors (Lipinski definition) is 0. The van der Waals surface area contributed by atoms with Crippen molar-refractivity contribution in [3.05, 3.63) is 107 Å². The van der Waals surface area contributed by atoms with E-state index in [1.165, 1.54) is 35.0 Å². The Hall–Kier alpha value is -3.45. The maximum atomic E-state index is 13.5. The summed E-state index contributed by atoms with van der Waals surface area (Å²) in [5.41, 5.74) is 4.40. The summed E-state index contributed by atoms with van der Waals surface area (Å²) >= 11 is 1.36. The first-order valence-electron chi connectivity index (χ1n) is 10.9. The number of thioether (sulfide) groups is 1. The van der Waals surface area contributed by atoms with Crippen molar-refractivity contribution in [1.82, 2.24) is 19.7 Å². The van der Waals surface area contributed by atoms with E-state index in [-0.39, 0.29) is 17.5 Å². The number of nitrogens with zero attached hydrogens (tertiary/aromatic N) is 4. The van der Waals surface area contributed by atoms with Gasteiger partial charge in [-0.2, -0.15) is 0 Å². The van der Waals surface area contributed by atoms with E-state index in [0.29, 0.717) is 18.1 Å². The van der Waals surface area contributed by atoms with E-state index in [9.17, 15) is 9.18 Å². The molecular formula is C26H23FN4OS. The molecular weight excluding hydrogens is 435 g/mol. The fourth-order valence-corrected chi connectivity index (χ4v) is 4.94. The predicted molar refractivity (Wildman–Crippen MR) is 127 cm³/mol. The first-order chi connectivity index (χ1) is 16.2. The lowest BCUT2D eigenvalue weighted by atomic mass is 10.00. The zero-order valence-corrected chi connectivity index (χ0v) is 18.8. The zero-order chi connectivity index (χ0) is 22.6. The van der Waals surface area contributed by atoms with Gasteiger partial charge in [0.1, 0.15) is 11.6 Å². The molecule has 0 unspecified atom stereocenters.